The molecular formula is C8H14BrNO. The Balaban J connectivity index is 3.15. The SMILES string of the molecule is CC(=O)NCCC/C=C(/C)Br. The molecule has 0 aliphatic heterocycles. The third-order valence-corrected chi connectivity index (χ3v) is 1.50. The largest absolute Gasteiger partial charge is 0.356 e. The van der Waals surface area contributed by atoms with Crippen molar-refractivity contribution >= 4 is 21.8 Å². The molecule has 0 aliphatic carbocycles. The van der Waals surface area contributed by atoms with Crippen molar-refractivity contribution in [3.63, 3.8) is 0 Å². The third-order valence-electron chi connectivity index (χ3n) is 1.18. The Morgan fingerprint density at radius 2 is 2.18 bits per heavy atom. The van der Waals surface area contributed by atoms with Crippen molar-refractivity contribution in [2.24, 2.45) is 0 Å². The van der Waals surface area contributed by atoms with E-state index in [0.29, 0.717) is 0 Å². The number of hydrogen-bond donors (Lipinski definition) is 1. The van der Waals surface area contributed by atoms with Gasteiger partial charge in [-0.2, -0.15) is 0 Å². The predicted molar refractivity (Wildman–Crippen MR) is 50.6 cm³/mol. The molecule has 0 bridgehead atoms. The van der Waals surface area contributed by atoms with Crippen molar-refractivity contribution in [2.45, 2.75) is 26.7 Å². The summed E-state index contributed by atoms with van der Waals surface area (Å²) in [5.41, 5.74) is 0. The van der Waals surface area contributed by atoms with Gasteiger partial charge in [-0.1, -0.05) is 22.0 Å². The number of unbranched alkanes of at least 4 members (excludes halogenated alkanes) is 1. The Morgan fingerprint density at radius 3 is 2.64 bits per heavy atom. The van der Waals surface area contributed by atoms with Gasteiger partial charge in [0.25, 0.3) is 0 Å². The van der Waals surface area contributed by atoms with E-state index >= 15 is 0 Å². The van der Waals surface area contributed by atoms with Crippen LogP contribution in [0.25, 0.3) is 0 Å². The minimum Gasteiger partial charge on any atom is -0.356 e. The molecule has 0 saturated heterocycles. The Hall–Kier alpha value is -0.310. The Kier molecular flexibility index (Phi) is 6.22. The topological polar surface area (TPSA) is 29.1 Å². The van der Waals surface area contributed by atoms with E-state index in [1.54, 1.807) is 0 Å². The molecule has 0 aromatic heterocycles. The molecule has 11 heavy (non-hydrogen) atoms. The summed E-state index contributed by atoms with van der Waals surface area (Å²) in [6, 6.07) is 0. The van der Waals surface area contributed by atoms with E-state index in [-0.39, 0.29) is 5.91 Å². The number of amides is 1. The first-order chi connectivity index (χ1) is 5.13. The Morgan fingerprint density at radius 1 is 1.55 bits per heavy atom. The summed E-state index contributed by atoms with van der Waals surface area (Å²) >= 11 is 3.33. The molecule has 0 saturated carbocycles. The smallest absolute Gasteiger partial charge is 0.216 e. The summed E-state index contributed by atoms with van der Waals surface area (Å²) in [6.07, 6.45) is 4.11. The van der Waals surface area contributed by atoms with E-state index in [4.69, 9.17) is 0 Å². The molecule has 0 aromatic carbocycles. The first-order valence-electron chi connectivity index (χ1n) is 3.69. The van der Waals surface area contributed by atoms with Crippen molar-refractivity contribution in [2.75, 3.05) is 6.54 Å². The molecule has 0 spiro atoms. The van der Waals surface area contributed by atoms with Gasteiger partial charge in [-0.25, -0.2) is 0 Å². The van der Waals surface area contributed by atoms with Gasteiger partial charge < -0.3 is 5.32 Å². The molecule has 0 heterocycles. The van der Waals surface area contributed by atoms with Gasteiger partial charge in [0.05, 0.1) is 0 Å². The molecule has 0 atom stereocenters. The quantitative estimate of drug-likeness (QED) is 0.723. The first kappa shape index (κ1) is 10.7. The molecule has 1 amide bonds. The third kappa shape index (κ3) is 9.69. The Bertz CT molecular complexity index is 150. The van der Waals surface area contributed by atoms with Crippen LogP contribution in [0, 0.1) is 0 Å². The number of rotatable bonds is 4. The molecule has 64 valence electrons. The molecule has 0 radical (unpaired) electrons. The van der Waals surface area contributed by atoms with Crippen LogP contribution in [0.1, 0.15) is 26.7 Å². The number of allylic oxidation sites excluding steroid dienone is 2. The second-order valence-electron chi connectivity index (χ2n) is 2.42. The summed E-state index contributed by atoms with van der Waals surface area (Å²) in [5, 5.41) is 2.74. The molecule has 3 heteroatoms. The molecule has 1 N–H and O–H groups in total. The summed E-state index contributed by atoms with van der Waals surface area (Å²) in [7, 11) is 0. The zero-order chi connectivity index (χ0) is 8.69. The van der Waals surface area contributed by atoms with Crippen molar-refractivity contribution in [1.29, 1.82) is 0 Å². The van der Waals surface area contributed by atoms with Crippen LogP contribution >= 0.6 is 15.9 Å². The summed E-state index contributed by atoms with van der Waals surface area (Å²) in [6.45, 7) is 4.30. The minimum atomic E-state index is 0.0459. The van der Waals surface area contributed by atoms with E-state index in [1.807, 2.05) is 6.92 Å². The lowest BCUT2D eigenvalue weighted by Gasteiger charge is -1.98. The molecule has 0 fully saturated rings. The van der Waals surface area contributed by atoms with Crippen LogP contribution < -0.4 is 5.32 Å². The highest BCUT2D eigenvalue weighted by Crippen LogP contribution is 2.04. The van der Waals surface area contributed by atoms with E-state index < -0.39 is 0 Å². The molecule has 2 nitrogen and oxygen atoms in total. The molecule has 0 aromatic rings. The highest BCUT2D eigenvalue weighted by atomic mass is 79.9. The summed E-state index contributed by atoms with van der Waals surface area (Å²) in [5.74, 6) is 0.0459. The summed E-state index contributed by atoms with van der Waals surface area (Å²) < 4.78 is 1.15. The fourth-order valence-electron chi connectivity index (χ4n) is 0.667. The lowest BCUT2D eigenvalue weighted by Crippen LogP contribution is -2.20. The zero-order valence-electron chi connectivity index (χ0n) is 6.98. The van der Waals surface area contributed by atoms with Gasteiger partial charge in [-0.05, 0) is 24.2 Å². The van der Waals surface area contributed by atoms with Crippen LogP contribution in [-0.4, -0.2) is 12.5 Å². The van der Waals surface area contributed by atoms with Crippen molar-refractivity contribution < 1.29 is 4.79 Å². The zero-order valence-corrected chi connectivity index (χ0v) is 8.57. The number of carbonyl (C=O) groups excluding carboxylic acids is 1. The van der Waals surface area contributed by atoms with Gasteiger partial charge in [-0.3, -0.25) is 4.79 Å². The van der Waals surface area contributed by atoms with Crippen LogP contribution in [-0.2, 0) is 4.79 Å². The Labute approximate surface area is 76.2 Å². The van der Waals surface area contributed by atoms with Crippen molar-refractivity contribution in [3.05, 3.63) is 10.6 Å². The van der Waals surface area contributed by atoms with E-state index in [1.165, 1.54) is 6.92 Å². The van der Waals surface area contributed by atoms with Crippen molar-refractivity contribution in [1.82, 2.24) is 5.32 Å². The van der Waals surface area contributed by atoms with Gasteiger partial charge in [0.15, 0.2) is 0 Å². The van der Waals surface area contributed by atoms with Crippen LogP contribution in [0.2, 0.25) is 0 Å². The molecule has 0 unspecified atom stereocenters. The highest BCUT2D eigenvalue weighted by Gasteiger charge is 1.88. The second-order valence-corrected chi connectivity index (χ2v) is 3.67. The predicted octanol–water partition coefficient (Wildman–Crippen LogP) is 2.20. The van der Waals surface area contributed by atoms with Crippen LogP contribution in [0.15, 0.2) is 10.6 Å². The maximum absolute atomic E-state index is 10.4. The number of halogens is 1. The highest BCUT2D eigenvalue weighted by molar-refractivity contribution is 9.11. The van der Waals surface area contributed by atoms with E-state index in [0.717, 1.165) is 23.9 Å². The first-order valence-corrected chi connectivity index (χ1v) is 4.49. The fraction of sp³-hybridized carbons (Fsp3) is 0.625. The van der Waals surface area contributed by atoms with Gasteiger partial charge >= 0.3 is 0 Å². The normalized spacial score (nSPS) is 11.4. The molecule has 0 rings (SSSR count). The lowest BCUT2D eigenvalue weighted by molar-refractivity contribution is -0.118. The van der Waals surface area contributed by atoms with Crippen LogP contribution in [0.5, 0.6) is 0 Å². The van der Waals surface area contributed by atoms with Gasteiger partial charge in [-0.15, -0.1) is 0 Å². The van der Waals surface area contributed by atoms with Gasteiger partial charge in [0.2, 0.25) is 5.91 Å². The lowest BCUT2D eigenvalue weighted by atomic mass is 10.3. The fourth-order valence-corrected chi connectivity index (χ4v) is 0.896. The minimum absolute atomic E-state index is 0.0459. The average Bonchev–Trinajstić information content (AvgIpc) is 1.85. The second kappa shape index (κ2) is 6.40. The summed E-state index contributed by atoms with van der Waals surface area (Å²) in [4.78, 5) is 10.4. The standard InChI is InChI=1S/C8H14BrNO/c1-7(9)5-3-4-6-10-8(2)11/h5H,3-4,6H2,1-2H3,(H,10,11)/b7-5-. The number of hydrogen-bond acceptors (Lipinski definition) is 1. The number of nitrogens with one attached hydrogen (secondary N) is 1. The average molecular weight is 220 g/mol. The maximum atomic E-state index is 10.4. The van der Waals surface area contributed by atoms with Crippen molar-refractivity contribution in [3.8, 4) is 0 Å². The monoisotopic (exact) mass is 219 g/mol. The molecular weight excluding hydrogens is 206 g/mol. The van der Waals surface area contributed by atoms with E-state index in [2.05, 4.69) is 27.3 Å². The van der Waals surface area contributed by atoms with Crippen LogP contribution in [0.4, 0.5) is 0 Å². The van der Waals surface area contributed by atoms with Gasteiger partial charge in [0, 0.05) is 13.5 Å². The van der Waals surface area contributed by atoms with Crippen LogP contribution in [0.3, 0.4) is 0 Å². The van der Waals surface area contributed by atoms with Gasteiger partial charge in [0.1, 0.15) is 0 Å². The van der Waals surface area contributed by atoms with E-state index in [9.17, 15) is 4.79 Å². The number of carbonyl (C=O) groups is 1. The molecule has 0 aliphatic rings. The maximum Gasteiger partial charge on any atom is 0.216 e.